The van der Waals surface area contributed by atoms with Crippen molar-refractivity contribution in [1.82, 2.24) is 10.2 Å². The smallest absolute Gasteiger partial charge is 0.0500 e. The molecule has 1 heterocycles. The Kier molecular flexibility index (Phi) is 5.32. The minimum absolute atomic E-state index is 0.01000. The van der Waals surface area contributed by atoms with Crippen molar-refractivity contribution in [2.75, 3.05) is 32.8 Å². The van der Waals surface area contributed by atoms with Gasteiger partial charge in [-0.25, -0.2) is 0 Å². The number of piperazine rings is 1. The number of hydrogen-bond acceptors (Lipinski definition) is 3. The van der Waals surface area contributed by atoms with E-state index in [-0.39, 0.29) is 18.1 Å². The monoisotopic (exact) mass is 316 g/mol. The number of halogens is 2. The van der Waals surface area contributed by atoms with Crippen LogP contribution in [0, 0.1) is 5.41 Å². The van der Waals surface area contributed by atoms with E-state index in [0.29, 0.717) is 10.0 Å². The van der Waals surface area contributed by atoms with Gasteiger partial charge in [-0.15, -0.1) is 0 Å². The van der Waals surface area contributed by atoms with Gasteiger partial charge in [0.25, 0.3) is 0 Å². The molecular weight excluding hydrogens is 295 g/mol. The summed E-state index contributed by atoms with van der Waals surface area (Å²) in [5, 5.41) is 14.5. The normalized spacial score (nSPS) is 19.1. The van der Waals surface area contributed by atoms with E-state index in [1.807, 2.05) is 18.2 Å². The molecule has 5 heteroatoms. The van der Waals surface area contributed by atoms with Crippen LogP contribution < -0.4 is 5.32 Å². The molecule has 1 atom stereocenters. The van der Waals surface area contributed by atoms with Crippen LogP contribution in [0.2, 0.25) is 10.0 Å². The van der Waals surface area contributed by atoms with Crippen LogP contribution >= 0.6 is 23.2 Å². The summed E-state index contributed by atoms with van der Waals surface area (Å²) in [6.07, 6.45) is 0. The number of rotatable bonds is 4. The zero-order valence-electron chi connectivity index (χ0n) is 12.0. The summed E-state index contributed by atoms with van der Waals surface area (Å²) in [6.45, 7) is 7.94. The van der Waals surface area contributed by atoms with Crippen molar-refractivity contribution >= 4 is 23.2 Å². The highest BCUT2D eigenvalue weighted by atomic mass is 35.5. The number of aliphatic hydroxyl groups excluding tert-OH is 1. The first-order chi connectivity index (χ1) is 9.47. The van der Waals surface area contributed by atoms with Gasteiger partial charge in [-0.1, -0.05) is 43.1 Å². The molecule has 0 saturated carbocycles. The lowest BCUT2D eigenvalue weighted by Gasteiger charge is -2.44. The van der Waals surface area contributed by atoms with E-state index in [4.69, 9.17) is 23.2 Å². The van der Waals surface area contributed by atoms with Gasteiger partial charge in [-0.3, -0.25) is 4.90 Å². The summed E-state index contributed by atoms with van der Waals surface area (Å²) < 4.78 is 0. The fourth-order valence-electron chi connectivity index (χ4n) is 2.87. The van der Waals surface area contributed by atoms with Crippen LogP contribution in [0.5, 0.6) is 0 Å². The molecule has 1 aliphatic heterocycles. The highest BCUT2D eigenvalue weighted by Gasteiger charge is 2.37. The van der Waals surface area contributed by atoms with Gasteiger partial charge in [0.1, 0.15) is 0 Å². The Morgan fingerprint density at radius 1 is 1.25 bits per heavy atom. The Morgan fingerprint density at radius 3 is 2.30 bits per heavy atom. The molecule has 2 N–H and O–H groups in total. The minimum atomic E-state index is -0.314. The van der Waals surface area contributed by atoms with Crippen LogP contribution in [0.3, 0.4) is 0 Å². The van der Waals surface area contributed by atoms with Gasteiger partial charge in [0.2, 0.25) is 0 Å². The van der Waals surface area contributed by atoms with Crippen molar-refractivity contribution < 1.29 is 5.11 Å². The number of nitrogens with zero attached hydrogens (tertiary/aromatic N) is 1. The molecule has 2 rings (SSSR count). The summed E-state index contributed by atoms with van der Waals surface area (Å²) >= 11 is 12.8. The van der Waals surface area contributed by atoms with E-state index < -0.39 is 0 Å². The molecule has 20 heavy (non-hydrogen) atoms. The van der Waals surface area contributed by atoms with Crippen molar-refractivity contribution in [3.63, 3.8) is 0 Å². The van der Waals surface area contributed by atoms with Crippen molar-refractivity contribution in [2.24, 2.45) is 5.41 Å². The molecule has 112 valence electrons. The van der Waals surface area contributed by atoms with Gasteiger partial charge in [-0.05, 0) is 12.1 Å². The predicted octanol–water partition coefficient (Wildman–Crippen LogP) is 2.96. The molecular formula is C15H22Cl2N2O. The third kappa shape index (κ3) is 3.29. The second-order valence-electron chi connectivity index (χ2n) is 5.97. The number of nitrogens with one attached hydrogen (secondary N) is 1. The van der Waals surface area contributed by atoms with Crippen LogP contribution in [0.15, 0.2) is 18.2 Å². The molecule has 1 aromatic rings. The molecule has 0 aromatic heterocycles. The zero-order chi connectivity index (χ0) is 14.8. The lowest BCUT2D eigenvalue weighted by Crippen LogP contribution is -2.49. The topological polar surface area (TPSA) is 35.5 Å². The number of benzene rings is 1. The second kappa shape index (κ2) is 6.63. The van der Waals surface area contributed by atoms with Crippen molar-refractivity contribution in [2.45, 2.75) is 19.9 Å². The Hall–Kier alpha value is -0.320. The lowest BCUT2D eigenvalue weighted by atomic mass is 9.79. The van der Waals surface area contributed by atoms with Gasteiger partial charge in [0.15, 0.2) is 0 Å². The summed E-state index contributed by atoms with van der Waals surface area (Å²) in [5.41, 5.74) is 0.614. The van der Waals surface area contributed by atoms with Gasteiger partial charge in [0.05, 0.1) is 0 Å². The van der Waals surface area contributed by atoms with E-state index >= 15 is 0 Å². The van der Waals surface area contributed by atoms with Crippen molar-refractivity contribution in [3.8, 4) is 0 Å². The fraction of sp³-hybridized carbons (Fsp3) is 0.600. The van der Waals surface area contributed by atoms with Crippen LogP contribution in [-0.2, 0) is 0 Å². The first kappa shape index (κ1) is 16.1. The summed E-state index contributed by atoms with van der Waals surface area (Å²) in [5.74, 6) is 0. The molecule has 1 saturated heterocycles. The van der Waals surface area contributed by atoms with E-state index in [0.717, 1.165) is 31.7 Å². The van der Waals surface area contributed by atoms with Gasteiger partial charge >= 0.3 is 0 Å². The maximum Gasteiger partial charge on any atom is 0.0500 e. The molecule has 0 unspecified atom stereocenters. The standard InChI is InChI=1S/C15H22Cl2N2O/c1-15(2,10-20)14(19-8-6-18-7-9-19)13-11(16)4-3-5-12(13)17/h3-5,14,18,20H,6-10H2,1-2H3/t14-/m1/s1. The van der Waals surface area contributed by atoms with E-state index in [1.165, 1.54) is 0 Å². The molecule has 0 aliphatic carbocycles. The lowest BCUT2D eigenvalue weighted by molar-refractivity contribution is 0.0306. The van der Waals surface area contributed by atoms with E-state index in [1.54, 1.807) is 0 Å². The summed E-state index contributed by atoms with van der Waals surface area (Å²) in [7, 11) is 0. The molecule has 1 aliphatic rings. The van der Waals surface area contributed by atoms with Gasteiger partial charge in [-0.2, -0.15) is 0 Å². The maximum atomic E-state index is 9.81. The molecule has 0 radical (unpaired) electrons. The van der Waals surface area contributed by atoms with Crippen molar-refractivity contribution in [3.05, 3.63) is 33.8 Å². The van der Waals surface area contributed by atoms with Gasteiger partial charge < -0.3 is 10.4 Å². The SMILES string of the molecule is CC(C)(CO)[C@@H](c1c(Cl)cccc1Cl)N1CCNCC1. The molecule has 1 aromatic carbocycles. The fourth-order valence-corrected chi connectivity index (χ4v) is 3.47. The first-order valence-electron chi connectivity index (χ1n) is 6.97. The molecule has 3 nitrogen and oxygen atoms in total. The minimum Gasteiger partial charge on any atom is -0.396 e. The third-order valence-electron chi connectivity index (χ3n) is 3.94. The van der Waals surface area contributed by atoms with E-state index in [2.05, 4.69) is 24.1 Å². The molecule has 0 spiro atoms. The van der Waals surface area contributed by atoms with Gasteiger partial charge in [0, 0.05) is 59.9 Å². The van der Waals surface area contributed by atoms with Crippen LogP contribution in [0.25, 0.3) is 0 Å². The Bertz CT molecular complexity index is 439. The Balaban J connectivity index is 2.45. The molecule has 0 amide bonds. The number of hydrogen-bond donors (Lipinski definition) is 2. The highest BCUT2D eigenvalue weighted by Crippen LogP contribution is 2.44. The van der Waals surface area contributed by atoms with E-state index in [9.17, 15) is 5.11 Å². The van der Waals surface area contributed by atoms with Crippen LogP contribution in [-0.4, -0.2) is 42.8 Å². The Labute approximate surface area is 130 Å². The molecule has 1 fully saturated rings. The zero-order valence-corrected chi connectivity index (χ0v) is 13.5. The Morgan fingerprint density at radius 2 is 1.80 bits per heavy atom. The van der Waals surface area contributed by atoms with Crippen LogP contribution in [0.1, 0.15) is 25.5 Å². The summed E-state index contributed by atoms with van der Waals surface area (Å²) in [4.78, 5) is 2.36. The third-order valence-corrected chi connectivity index (χ3v) is 4.60. The summed E-state index contributed by atoms with van der Waals surface area (Å²) in [6, 6.07) is 5.60. The largest absolute Gasteiger partial charge is 0.396 e. The number of aliphatic hydroxyl groups is 1. The second-order valence-corrected chi connectivity index (χ2v) is 6.78. The average Bonchev–Trinajstić information content (AvgIpc) is 2.43. The van der Waals surface area contributed by atoms with Crippen molar-refractivity contribution in [1.29, 1.82) is 0 Å². The average molecular weight is 317 g/mol. The predicted molar refractivity (Wildman–Crippen MR) is 84.5 cm³/mol. The first-order valence-corrected chi connectivity index (χ1v) is 7.72. The van der Waals surface area contributed by atoms with Crippen LogP contribution in [0.4, 0.5) is 0 Å². The maximum absolute atomic E-state index is 9.81. The highest BCUT2D eigenvalue weighted by molar-refractivity contribution is 6.36. The molecule has 0 bridgehead atoms. The quantitative estimate of drug-likeness (QED) is 0.896.